The Morgan fingerprint density at radius 3 is 2.44 bits per heavy atom. The van der Waals surface area contributed by atoms with Gasteiger partial charge >= 0.3 is 5.97 Å². The number of aromatic amines is 1. The summed E-state index contributed by atoms with van der Waals surface area (Å²) in [4.78, 5) is 23.4. The summed E-state index contributed by atoms with van der Waals surface area (Å²) in [5.74, 6) is -1.01. The van der Waals surface area contributed by atoms with Gasteiger partial charge < -0.3 is 15.2 Å². The molecule has 7 nitrogen and oxygen atoms in total. The van der Waals surface area contributed by atoms with Gasteiger partial charge in [0.25, 0.3) is 6.01 Å². The van der Waals surface area contributed by atoms with Crippen molar-refractivity contribution in [2.24, 2.45) is 5.92 Å². The van der Waals surface area contributed by atoms with Crippen molar-refractivity contribution in [3.63, 3.8) is 0 Å². The SMILES string of the molecule is CNc1ccc(/C(C)=C/C=C(\C)c2nc3[nH]c(O[C@H]4CC[C@H](C(=O)O)CC4)nc3cc2Cl)cc1. The van der Waals surface area contributed by atoms with Gasteiger partial charge in [-0.15, -0.1) is 0 Å². The van der Waals surface area contributed by atoms with Crippen LogP contribution in [0.5, 0.6) is 6.01 Å². The molecule has 0 aliphatic heterocycles. The van der Waals surface area contributed by atoms with E-state index in [0.717, 1.165) is 22.4 Å². The van der Waals surface area contributed by atoms with E-state index in [-0.39, 0.29) is 12.0 Å². The number of halogens is 1. The smallest absolute Gasteiger partial charge is 0.306 e. The Morgan fingerprint density at radius 2 is 1.79 bits per heavy atom. The number of H-pyrrole nitrogens is 1. The number of hydrogen-bond donors (Lipinski definition) is 3. The van der Waals surface area contributed by atoms with Crippen LogP contribution in [0.4, 0.5) is 5.69 Å². The first-order valence-electron chi connectivity index (χ1n) is 11.4. The van der Waals surface area contributed by atoms with Crippen LogP contribution in [0.1, 0.15) is 50.8 Å². The number of imidazole rings is 1. The van der Waals surface area contributed by atoms with Crippen LogP contribution < -0.4 is 10.1 Å². The molecule has 0 atom stereocenters. The number of aliphatic carboxylic acids is 1. The highest BCUT2D eigenvalue weighted by Crippen LogP contribution is 2.30. The van der Waals surface area contributed by atoms with E-state index in [1.165, 1.54) is 0 Å². The molecule has 1 aromatic carbocycles. The van der Waals surface area contributed by atoms with Gasteiger partial charge in [0, 0.05) is 12.7 Å². The van der Waals surface area contributed by atoms with E-state index in [2.05, 4.69) is 45.4 Å². The van der Waals surface area contributed by atoms with Crippen molar-refractivity contribution in [1.29, 1.82) is 0 Å². The van der Waals surface area contributed by atoms with Crippen LogP contribution in [-0.4, -0.2) is 39.2 Å². The normalized spacial score (nSPS) is 19.3. The molecule has 0 radical (unpaired) electrons. The van der Waals surface area contributed by atoms with Crippen molar-refractivity contribution in [3.05, 3.63) is 58.8 Å². The molecule has 1 aliphatic carbocycles. The molecular weight excluding hydrogens is 452 g/mol. The minimum Gasteiger partial charge on any atom is -0.481 e. The third kappa shape index (κ3) is 5.42. The van der Waals surface area contributed by atoms with Gasteiger partial charge in [-0.2, -0.15) is 4.98 Å². The number of carboxylic acid groups (broad SMARTS) is 1. The van der Waals surface area contributed by atoms with Crippen LogP contribution in [0.2, 0.25) is 5.02 Å². The number of ether oxygens (including phenoxy) is 1. The number of benzene rings is 1. The molecule has 1 aliphatic rings. The number of fused-ring (bicyclic) bond motifs is 1. The van der Waals surface area contributed by atoms with Crippen molar-refractivity contribution >= 4 is 45.6 Å². The number of rotatable bonds is 7. The van der Waals surface area contributed by atoms with Crippen molar-refractivity contribution in [2.45, 2.75) is 45.6 Å². The summed E-state index contributed by atoms with van der Waals surface area (Å²) < 4.78 is 5.98. The molecule has 0 bridgehead atoms. The number of allylic oxidation sites excluding steroid dienone is 4. The van der Waals surface area contributed by atoms with Crippen LogP contribution in [0, 0.1) is 5.92 Å². The number of anilines is 1. The third-order valence-electron chi connectivity index (χ3n) is 6.29. The average molecular weight is 481 g/mol. The van der Waals surface area contributed by atoms with E-state index in [1.807, 2.05) is 32.2 Å². The zero-order valence-electron chi connectivity index (χ0n) is 19.6. The molecule has 0 saturated heterocycles. The van der Waals surface area contributed by atoms with Gasteiger partial charge in [0.1, 0.15) is 11.6 Å². The molecule has 0 spiro atoms. The van der Waals surface area contributed by atoms with Crippen LogP contribution in [-0.2, 0) is 4.79 Å². The molecular formula is C26H29ClN4O3. The molecule has 2 aromatic heterocycles. The summed E-state index contributed by atoms with van der Waals surface area (Å²) in [7, 11) is 1.90. The second-order valence-electron chi connectivity index (χ2n) is 8.68. The number of nitrogens with one attached hydrogen (secondary N) is 2. The molecule has 2 heterocycles. The van der Waals surface area contributed by atoms with Crippen molar-refractivity contribution in [1.82, 2.24) is 15.0 Å². The fourth-order valence-corrected chi connectivity index (χ4v) is 4.43. The lowest BCUT2D eigenvalue weighted by molar-refractivity contribution is -0.143. The highest BCUT2D eigenvalue weighted by Gasteiger charge is 2.27. The van der Waals surface area contributed by atoms with Crippen LogP contribution in [0.25, 0.3) is 22.3 Å². The van der Waals surface area contributed by atoms with Crippen LogP contribution in [0.15, 0.2) is 42.5 Å². The van der Waals surface area contributed by atoms with E-state index < -0.39 is 5.97 Å². The fourth-order valence-electron chi connectivity index (χ4n) is 4.14. The summed E-state index contributed by atoms with van der Waals surface area (Å²) in [6.45, 7) is 4.04. The Kier molecular flexibility index (Phi) is 7.22. The number of nitrogens with zero attached hydrogens (tertiary/aromatic N) is 2. The largest absolute Gasteiger partial charge is 0.481 e. The maximum Gasteiger partial charge on any atom is 0.306 e. The van der Waals surface area contributed by atoms with Gasteiger partial charge in [-0.3, -0.25) is 9.78 Å². The average Bonchev–Trinajstić information content (AvgIpc) is 3.23. The Bertz CT molecular complexity index is 1240. The van der Waals surface area contributed by atoms with Gasteiger partial charge in [0.05, 0.1) is 16.6 Å². The predicted molar refractivity (Wildman–Crippen MR) is 136 cm³/mol. The molecule has 0 amide bonds. The maximum absolute atomic E-state index is 11.1. The number of carbonyl (C=O) groups is 1. The Labute approximate surface area is 203 Å². The maximum atomic E-state index is 11.1. The summed E-state index contributed by atoms with van der Waals surface area (Å²) in [6, 6.07) is 10.4. The number of carboxylic acids is 1. The third-order valence-corrected chi connectivity index (χ3v) is 6.58. The van der Waals surface area contributed by atoms with Crippen LogP contribution >= 0.6 is 11.6 Å². The Hall–Kier alpha value is -3.32. The molecule has 3 aromatic rings. The first-order valence-corrected chi connectivity index (χ1v) is 11.8. The van der Waals surface area contributed by atoms with E-state index in [4.69, 9.17) is 21.4 Å². The first kappa shape index (κ1) is 23.8. The lowest BCUT2D eigenvalue weighted by Crippen LogP contribution is -2.28. The second kappa shape index (κ2) is 10.3. The van der Waals surface area contributed by atoms with E-state index >= 15 is 0 Å². The van der Waals surface area contributed by atoms with E-state index in [0.29, 0.717) is 53.6 Å². The highest BCUT2D eigenvalue weighted by molar-refractivity contribution is 6.32. The lowest BCUT2D eigenvalue weighted by Gasteiger charge is -2.25. The minimum atomic E-state index is -0.728. The minimum absolute atomic E-state index is 0.0528. The molecule has 1 fully saturated rings. The molecule has 4 rings (SSSR count). The van der Waals surface area contributed by atoms with Gasteiger partial charge in [-0.05, 0) is 74.4 Å². The molecule has 8 heteroatoms. The molecule has 1 saturated carbocycles. The summed E-state index contributed by atoms with van der Waals surface area (Å²) in [5, 5.41) is 12.8. The quantitative estimate of drug-likeness (QED) is 0.349. The molecule has 178 valence electrons. The lowest BCUT2D eigenvalue weighted by atomic mass is 9.87. The van der Waals surface area contributed by atoms with Gasteiger partial charge in [0.15, 0.2) is 5.65 Å². The summed E-state index contributed by atoms with van der Waals surface area (Å²) >= 11 is 6.53. The standard InChI is InChI=1S/C26H29ClN4O3/c1-15(17-6-10-19(28-3)11-7-17)4-5-16(2)23-21(27)14-22-24(30-23)31-26(29-22)34-20-12-8-18(9-13-20)25(32)33/h4-7,10-11,14,18,20,28H,8-9,12-13H2,1-3H3,(H,32,33)(H,29,30,31)/b15-4+,16-5+/t18-,20-. The number of pyridine rings is 1. The van der Waals surface area contributed by atoms with Crippen molar-refractivity contribution in [3.8, 4) is 6.01 Å². The predicted octanol–water partition coefficient (Wildman–Crippen LogP) is 6.18. The Morgan fingerprint density at radius 1 is 1.12 bits per heavy atom. The zero-order valence-corrected chi connectivity index (χ0v) is 20.3. The van der Waals surface area contributed by atoms with Gasteiger partial charge in [0.2, 0.25) is 0 Å². The van der Waals surface area contributed by atoms with Gasteiger partial charge in [-0.1, -0.05) is 35.9 Å². The van der Waals surface area contributed by atoms with E-state index in [9.17, 15) is 4.79 Å². The monoisotopic (exact) mass is 480 g/mol. The molecule has 0 unspecified atom stereocenters. The fraction of sp³-hybridized carbons (Fsp3) is 0.346. The molecule has 34 heavy (non-hydrogen) atoms. The topological polar surface area (TPSA) is 100 Å². The molecule has 3 N–H and O–H groups in total. The zero-order chi connectivity index (χ0) is 24.2. The van der Waals surface area contributed by atoms with Crippen molar-refractivity contribution < 1.29 is 14.6 Å². The van der Waals surface area contributed by atoms with Gasteiger partial charge in [-0.25, -0.2) is 4.98 Å². The van der Waals surface area contributed by atoms with E-state index in [1.54, 1.807) is 6.07 Å². The Balaban J connectivity index is 1.49. The van der Waals surface area contributed by atoms with Crippen LogP contribution in [0.3, 0.4) is 0 Å². The first-order chi connectivity index (χ1) is 16.3. The number of aromatic nitrogens is 3. The van der Waals surface area contributed by atoms with Crippen molar-refractivity contribution in [2.75, 3.05) is 12.4 Å². The second-order valence-corrected chi connectivity index (χ2v) is 9.09. The highest BCUT2D eigenvalue weighted by atomic mass is 35.5. The number of hydrogen-bond acceptors (Lipinski definition) is 5. The summed E-state index contributed by atoms with van der Waals surface area (Å²) in [6.07, 6.45) is 6.63. The summed E-state index contributed by atoms with van der Waals surface area (Å²) in [5.41, 5.74) is 6.20.